The van der Waals surface area contributed by atoms with Crippen molar-refractivity contribution in [1.82, 2.24) is 19.7 Å². The fourth-order valence-electron chi connectivity index (χ4n) is 2.75. The van der Waals surface area contributed by atoms with Crippen molar-refractivity contribution in [2.45, 2.75) is 32.0 Å². The van der Waals surface area contributed by atoms with Gasteiger partial charge < -0.3 is 9.73 Å². The number of amides is 1. The van der Waals surface area contributed by atoms with Gasteiger partial charge in [-0.3, -0.25) is 9.36 Å². The van der Waals surface area contributed by atoms with E-state index in [9.17, 15) is 14.0 Å². The molecule has 0 atom stereocenters. The molecule has 0 radical (unpaired) electrons. The van der Waals surface area contributed by atoms with Crippen molar-refractivity contribution in [1.29, 1.82) is 0 Å². The lowest BCUT2D eigenvalue weighted by atomic mass is 10.2. The number of hydrogen-bond acceptors (Lipinski definition) is 4. The molecule has 1 N–H and O–H groups in total. The van der Waals surface area contributed by atoms with Crippen LogP contribution >= 0.6 is 0 Å². The van der Waals surface area contributed by atoms with Crippen LogP contribution in [0.3, 0.4) is 0 Å². The summed E-state index contributed by atoms with van der Waals surface area (Å²) in [5.41, 5.74) is 0.447. The summed E-state index contributed by atoms with van der Waals surface area (Å²) < 4.78 is 21.0. The average Bonchev–Trinajstić information content (AvgIpc) is 3.21. The number of aromatic nitrogens is 3. The van der Waals surface area contributed by atoms with Gasteiger partial charge in [-0.15, -0.1) is 5.10 Å². The van der Waals surface area contributed by atoms with Crippen LogP contribution in [0.4, 0.5) is 4.39 Å². The Morgan fingerprint density at radius 3 is 2.69 bits per heavy atom. The molecule has 1 aliphatic carbocycles. The molecular weight excluding hydrogens is 339 g/mol. The molecule has 134 valence electrons. The highest BCUT2D eigenvalue weighted by Crippen LogP contribution is 2.36. The van der Waals surface area contributed by atoms with Gasteiger partial charge in [0.05, 0.1) is 6.26 Å². The molecule has 0 unspecified atom stereocenters. The summed E-state index contributed by atoms with van der Waals surface area (Å²) in [5.74, 6) is 0.263. The maximum Gasteiger partial charge on any atom is 0.347 e. The molecule has 1 saturated carbocycles. The lowest BCUT2D eigenvalue weighted by molar-refractivity contribution is -0.122. The second-order valence-corrected chi connectivity index (χ2v) is 6.25. The van der Waals surface area contributed by atoms with Crippen LogP contribution < -0.4 is 11.0 Å². The number of benzene rings is 1. The number of carbonyl (C=O) groups excluding carboxylic acids is 1. The highest BCUT2D eigenvalue weighted by atomic mass is 19.1. The summed E-state index contributed by atoms with van der Waals surface area (Å²) >= 11 is 0. The quantitative estimate of drug-likeness (QED) is 0.733. The van der Waals surface area contributed by atoms with Crippen LogP contribution in [-0.2, 0) is 17.9 Å². The van der Waals surface area contributed by atoms with E-state index in [4.69, 9.17) is 4.42 Å². The molecule has 0 aliphatic heterocycles. The van der Waals surface area contributed by atoms with Gasteiger partial charge in [0, 0.05) is 12.6 Å². The number of furan rings is 1. The van der Waals surface area contributed by atoms with E-state index in [-0.39, 0.29) is 36.5 Å². The van der Waals surface area contributed by atoms with Gasteiger partial charge in [0.2, 0.25) is 11.7 Å². The summed E-state index contributed by atoms with van der Waals surface area (Å²) in [7, 11) is 0. The lowest BCUT2D eigenvalue weighted by Crippen LogP contribution is -2.33. The van der Waals surface area contributed by atoms with Gasteiger partial charge in [-0.1, -0.05) is 12.1 Å². The van der Waals surface area contributed by atoms with Crippen molar-refractivity contribution in [3.8, 4) is 11.6 Å². The van der Waals surface area contributed by atoms with E-state index < -0.39 is 0 Å². The van der Waals surface area contributed by atoms with Crippen molar-refractivity contribution in [3.05, 3.63) is 64.5 Å². The average molecular weight is 356 g/mol. The molecule has 2 aromatic heterocycles. The first kappa shape index (κ1) is 16.3. The Balaban J connectivity index is 1.49. The van der Waals surface area contributed by atoms with Gasteiger partial charge in [-0.05, 0) is 42.7 Å². The van der Waals surface area contributed by atoms with Crippen LogP contribution in [0, 0.1) is 5.82 Å². The standard InChI is InChI=1S/C18H17FN4O3/c19-13-5-3-12(4-6-13)10-20-16(24)11-22-18(25)23(14-7-8-14)17(21-22)15-2-1-9-26-15/h1-6,9,14H,7-8,10-11H2,(H,20,24). The van der Waals surface area contributed by atoms with E-state index in [2.05, 4.69) is 10.4 Å². The number of halogens is 1. The topological polar surface area (TPSA) is 82.1 Å². The predicted octanol–water partition coefficient (Wildman–Crippen LogP) is 2.10. The van der Waals surface area contributed by atoms with Gasteiger partial charge in [0.25, 0.3) is 0 Å². The third kappa shape index (κ3) is 3.30. The fourth-order valence-corrected chi connectivity index (χ4v) is 2.75. The molecule has 2 heterocycles. The molecule has 3 aromatic rings. The summed E-state index contributed by atoms with van der Waals surface area (Å²) in [6, 6.07) is 9.43. The molecule has 4 rings (SSSR count). The van der Waals surface area contributed by atoms with Crippen LogP contribution in [0.2, 0.25) is 0 Å². The Hall–Kier alpha value is -3.16. The Kier molecular flexibility index (Phi) is 4.16. The summed E-state index contributed by atoms with van der Waals surface area (Å²) in [6.45, 7) is 0.0652. The Morgan fingerprint density at radius 2 is 2.04 bits per heavy atom. The Bertz CT molecular complexity index is 969. The fraction of sp³-hybridized carbons (Fsp3) is 0.278. The molecule has 0 saturated heterocycles. The number of hydrogen-bond donors (Lipinski definition) is 1. The number of nitrogens with one attached hydrogen (secondary N) is 1. The molecule has 0 spiro atoms. The molecule has 0 bridgehead atoms. The minimum Gasteiger partial charge on any atom is -0.461 e. The van der Waals surface area contributed by atoms with Crippen LogP contribution in [0.15, 0.2) is 51.9 Å². The normalized spacial score (nSPS) is 13.7. The molecule has 1 aliphatic rings. The van der Waals surface area contributed by atoms with E-state index >= 15 is 0 Å². The van der Waals surface area contributed by atoms with Gasteiger partial charge in [-0.2, -0.15) is 0 Å². The van der Waals surface area contributed by atoms with Crippen molar-refractivity contribution >= 4 is 5.91 Å². The van der Waals surface area contributed by atoms with Crippen molar-refractivity contribution in [2.24, 2.45) is 0 Å². The second kappa shape index (κ2) is 6.62. The van der Waals surface area contributed by atoms with Crippen LogP contribution in [-0.4, -0.2) is 20.3 Å². The molecule has 26 heavy (non-hydrogen) atoms. The van der Waals surface area contributed by atoms with Gasteiger partial charge in [-0.25, -0.2) is 13.9 Å². The van der Waals surface area contributed by atoms with Gasteiger partial charge in [0.1, 0.15) is 12.4 Å². The summed E-state index contributed by atoms with van der Waals surface area (Å²) in [5, 5.41) is 6.99. The second-order valence-electron chi connectivity index (χ2n) is 6.25. The van der Waals surface area contributed by atoms with Crippen molar-refractivity contribution in [2.75, 3.05) is 0 Å². The van der Waals surface area contributed by atoms with Gasteiger partial charge >= 0.3 is 5.69 Å². The van der Waals surface area contributed by atoms with E-state index in [1.165, 1.54) is 18.4 Å². The molecular formula is C18H17FN4O3. The first-order valence-corrected chi connectivity index (χ1v) is 8.36. The first-order valence-electron chi connectivity index (χ1n) is 8.36. The molecule has 1 fully saturated rings. The zero-order chi connectivity index (χ0) is 18.1. The largest absolute Gasteiger partial charge is 0.461 e. The smallest absolute Gasteiger partial charge is 0.347 e. The zero-order valence-corrected chi connectivity index (χ0v) is 13.9. The molecule has 1 amide bonds. The van der Waals surface area contributed by atoms with Crippen molar-refractivity contribution < 1.29 is 13.6 Å². The van der Waals surface area contributed by atoms with Crippen LogP contribution in [0.25, 0.3) is 11.6 Å². The monoisotopic (exact) mass is 356 g/mol. The zero-order valence-electron chi connectivity index (χ0n) is 13.9. The molecule has 1 aromatic carbocycles. The first-order chi connectivity index (χ1) is 12.6. The summed E-state index contributed by atoms with van der Waals surface area (Å²) in [6.07, 6.45) is 3.34. The van der Waals surface area contributed by atoms with Crippen LogP contribution in [0.1, 0.15) is 24.4 Å². The van der Waals surface area contributed by atoms with Gasteiger partial charge in [0.15, 0.2) is 5.76 Å². The maximum atomic E-state index is 12.9. The number of rotatable bonds is 6. The van der Waals surface area contributed by atoms with E-state index in [0.29, 0.717) is 11.6 Å². The lowest BCUT2D eigenvalue weighted by Gasteiger charge is -2.05. The number of nitrogens with zero attached hydrogens (tertiary/aromatic N) is 3. The van der Waals surface area contributed by atoms with Crippen LogP contribution in [0.5, 0.6) is 0 Å². The third-order valence-electron chi connectivity index (χ3n) is 4.22. The Labute approximate surface area is 148 Å². The highest BCUT2D eigenvalue weighted by Gasteiger charge is 2.31. The van der Waals surface area contributed by atoms with E-state index in [1.54, 1.807) is 28.8 Å². The summed E-state index contributed by atoms with van der Waals surface area (Å²) in [4.78, 5) is 24.8. The van der Waals surface area contributed by atoms with Crippen molar-refractivity contribution in [3.63, 3.8) is 0 Å². The van der Waals surface area contributed by atoms with E-state index in [1.807, 2.05) is 0 Å². The number of carbonyl (C=O) groups is 1. The van der Waals surface area contributed by atoms with E-state index in [0.717, 1.165) is 23.1 Å². The predicted molar refractivity (Wildman–Crippen MR) is 90.7 cm³/mol. The Morgan fingerprint density at radius 1 is 1.27 bits per heavy atom. The maximum absolute atomic E-state index is 12.9. The third-order valence-corrected chi connectivity index (χ3v) is 4.22. The molecule has 8 heteroatoms. The minimum absolute atomic E-state index is 0.110. The molecule has 7 nitrogen and oxygen atoms in total. The minimum atomic E-state index is -0.345. The highest BCUT2D eigenvalue weighted by molar-refractivity contribution is 5.75. The SMILES string of the molecule is O=C(Cn1nc(-c2ccco2)n(C2CC2)c1=O)NCc1ccc(F)cc1.